The molecule has 3 amide bonds. The molecular formula is C30H43N5O7. The molecule has 12 nitrogen and oxygen atoms in total. The maximum absolute atomic E-state index is 13.4. The maximum Gasteiger partial charge on any atom is 0.408 e. The van der Waals surface area contributed by atoms with E-state index < -0.39 is 47.1 Å². The molecule has 0 radical (unpaired) electrons. The van der Waals surface area contributed by atoms with Gasteiger partial charge in [-0.25, -0.2) is 14.6 Å². The van der Waals surface area contributed by atoms with Gasteiger partial charge in [-0.3, -0.25) is 9.59 Å². The highest BCUT2D eigenvalue weighted by molar-refractivity contribution is 5.98. The number of imidazole rings is 1. The van der Waals surface area contributed by atoms with Crippen molar-refractivity contribution in [3.63, 3.8) is 0 Å². The molecule has 0 saturated heterocycles. The molecule has 1 aliphatic rings. The first kappa shape index (κ1) is 32.6. The molecule has 230 valence electrons. The molecule has 1 aromatic heterocycles. The number of anilines is 1. The number of ether oxygens (including phenoxy) is 2. The van der Waals surface area contributed by atoms with Crippen LogP contribution in [0.25, 0.3) is 0 Å². The molecule has 1 saturated carbocycles. The molecular weight excluding hydrogens is 542 g/mol. The van der Waals surface area contributed by atoms with Crippen LogP contribution < -0.4 is 16.0 Å². The van der Waals surface area contributed by atoms with Crippen LogP contribution in [-0.4, -0.2) is 62.3 Å². The second-order valence-electron chi connectivity index (χ2n) is 12.2. The predicted molar refractivity (Wildman–Crippen MR) is 156 cm³/mol. The van der Waals surface area contributed by atoms with Gasteiger partial charge >= 0.3 is 12.1 Å². The molecule has 1 unspecified atom stereocenters. The third-order valence-corrected chi connectivity index (χ3v) is 6.92. The van der Waals surface area contributed by atoms with Crippen LogP contribution in [0.15, 0.2) is 42.9 Å². The molecule has 1 aromatic carbocycles. The molecule has 0 aliphatic heterocycles. The van der Waals surface area contributed by atoms with E-state index in [1.54, 1.807) is 20.8 Å². The first-order chi connectivity index (χ1) is 19.7. The lowest BCUT2D eigenvalue weighted by atomic mass is 9.84. The maximum atomic E-state index is 13.4. The lowest BCUT2D eigenvalue weighted by Gasteiger charge is -2.29. The number of carbonyl (C=O) groups is 4. The third kappa shape index (κ3) is 9.86. The third-order valence-electron chi connectivity index (χ3n) is 6.92. The number of rotatable bonds is 12. The van der Waals surface area contributed by atoms with Crippen molar-refractivity contribution in [2.75, 3.05) is 11.9 Å². The summed E-state index contributed by atoms with van der Waals surface area (Å²) in [5.74, 6) is -2.07. The standard InChI is InChI=1S/C30H43N5O7/c1-29(2,3)42-28(40)34-30(4,5)27(39)32-22(18-41-17-20-12-8-6-9-13-20)25(36)33-23-16-35(19-31-23)24(26(37)38)21-14-10-7-11-15-21/h6,8-9,12-13,16,19,21-22,24H,7,10-11,14-15,17-18H2,1-5H3,(H,32,39)(H,33,36)(H,34,40)(H,37,38)/t22-,24?/m1/s1. The summed E-state index contributed by atoms with van der Waals surface area (Å²) in [7, 11) is 0. The largest absolute Gasteiger partial charge is 0.480 e. The van der Waals surface area contributed by atoms with Crippen LogP contribution in [0, 0.1) is 5.92 Å². The molecule has 4 N–H and O–H groups in total. The first-order valence-corrected chi connectivity index (χ1v) is 14.3. The molecule has 1 aliphatic carbocycles. The van der Waals surface area contributed by atoms with Crippen molar-refractivity contribution in [1.82, 2.24) is 20.2 Å². The number of carbonyl (C=O) groups excluding carboxylic acids is 3. The number of hydrogen-bond donors (Lipinski definition) is 4. The van der Waals surface area contributed by atoms with Gasteiger partial charge in [0.15, 0.2) is 5.82 Å². The van der Waals surface area contributed by atoms with Gasteiger partial charge in [-0.15, -0.1) is 0 Å². The van der Waals surface area contributed by atoms with Crippen LogP contribution in [0.5, 0.6) is 0 Å². The smallest absolute Gasteiger partial charge is 0.408 e. The summed E-state index contributed by atoms with van der Waals surface area (Å²) >= 11 is 0. The van der Waals surface area contributed by atoms with E-state index in [1.165, 1.54) is 30.9 Å². The van der Waals surface area contributed by atoms with Gasteiger partial charge in [-0.2, -0.15) is 0 Å². The summed E-state index contributed by atoms with van der Waals surface area (Å²) < 4.78 is 12.5. The Kier molecular flexibility index (Phi) is 11.1. The Balaban J connectivity index is 1.71. The van der Waals surface area contributed by atoms with Crippen LogP contribution in [0.4, 0.5) is 10.6 Å². The quantitative estimate of drug-likeness (QED) is 0.290. The Bertz CT molecular complexity index is 1220. The van der Waals surface area contributed by atoms with E-state index in [1.807, 2.05) is 30.3 Å². The second-order valence-corrected chi connectivity index (χ2v) is 12.2. The van der Waals surface area contributed by atoms with Gasteiger partial charge in [-0.05, 0) is 58.9 Å². The summed E-state index contributed by atoms with van der Waals surface area (Å²) in [6, 6.07) is 7.42. The summed E-state index contributed by atoms with van der Waals surface area (Å²) in [6.07, 6.45) is 6.80. The number of hydrogen-bond acceptors (Lipinski definition) is 7. The van der Waals surface area contributed by atoms with Gasteiger partial charge in [0, 0.05) is 6.20 Å². The molecule has 12 heteroatoms. The number of carboxylic acids is 1. The highest BCUT2D eigenvalue weighted by Crippen LogP contribution is 2.33. The molecule has 1 heterocycles. The van der Waals surface area contributed by atoms with E-state index in [0.717, 1.165) is 37.7 Å². The minimum absolute atomic E-state index is 0.0212. The van der Waals surface area contributed by atoms with Crippen molar-refractivity contribution in [2.45, 2.75) is 96.6 Å². The fourth-order valence-corrected chi connectivity index (χ4v) is 4.80. The average Bonchev–Trinajstić information content (AvgIpc) is 3.35. The van der Waals surface area contributed by atoms with Crippen molar-refractivity contribution in [3.05, 3.63) is 48.4 Å². The summed E-state index contributed by atoms with van der Waals surface area (Å²) in [5.41, 5.74) is -1.29. The molecule has 0 spiro atoms. The Hall–Kier alpha value is -3.93. The van der Waals surface area contributed by atoms with Gasteiger partial charge in [0.1, 0.15) is 23.2 Å². The lowest BCUT2D eigenvalue weighted by molar-refractivity contribution is -0.143. The SMILES string of the molecule is CC(C)(C)OC(=O)NC(C)(C)C(=O)N[C@H](COCc1ccccc1)C(=O)Nc1cn(C(C(=O)O)C2CCCCC2)cn1. The molecule has 42 heavy (non-hydrogen) atoms. The van der Waals surface area contributed by atoms with Gasteiger partial charge in [-0.1, -0.05) is 49.6 Å². The van der Waals surface area contributed by atoms with E-state index in [-0.39, 0.29) is 24.9 Å². The fourth-order valence-electron chi connectivity index (χ4n) is 4.80. The number of carboxylic acid groups (broad SMARTS) is 1. The lowest BCUT2D eigenvalue weighted by Crippen LogP contribution is -2.59. The van der Waals surface area contributed by atoms with Crippen LogP contribution in [0.1, 0.15) is 78.3 Å². The Labute approximate surface area is 246 Å². The number of aliphatic carboxylic acids is 1. The van der Waals surface area contributed by atoms with Crippen LogP contribution in [0.3, 0.4) is 0 Å². The Morgan fingerprint density at radius 3 is 2.33 bits per heavy atom. The summed E-state index contributed by atoms with van der Waals surface area (Å²) in [6.45, 7) is 8.14. The molecule has 3 rings (SSSR count). The number of nitrogens with zero attached hydrogens (tertiary/aromatic N) is 2. The molecule has 0 bridgehead atoms. The zero-order valence-corrected chi connectivity index (χ0v) is 25.0. The molecule has 1 fully saturated rings. The highest BCUT2D eigenvalue weighted by atomic mass is 16.6. The number of alkyl carbamates (subject to hydrolysis) is 1. The monoisotopic (exact) mass is 585 g/mol. The fraction of sp³-hybridized carbons (Fsp3) is 0.567. The van der Waals surface area contributed by atoms with Crippen LogP contribution in [-0.2, 0) is 30.5 Å². The van der Waals surface area contributed by atoms with Crippen molar-refractivity contribution < 1.29 is 33.8 Å². The van der Waals surface area contributed by atoms with Crippen LogP contribution >= 0.6 is 0 Å². The van der Waals surface area contributed by atoms with Crippen molar-refractivity contribution in [3.8, 4) is 0 Å². The van der Waals surface area contributed by atoms with Gasteiger partial charge in [0.2, 0.25) is 5.91 Å². The molecule has 2 atom stereocenters. The van der Waals surface area contributed by atoms with E-state index >= 15 is 0 Å². The van der Waals surface area contributed by atoms with E-state index in [9.17, 15) is 24.3 Å². The van der Waals surface area contributed by atoms with Gasteiger partial charge < -0.3 is 35.1 Å². The van der Waals surface area contributed by atoms with Crippen LogP contribution in [0.2, 0.25) is 0 Å². The van der Waals surface area contributed by atoms with Gasteiger partial charge in [0.05, 0.1) is 19.5 Å². The summed E-state index contributed by atoms with van der Waals surface area (Å²) in [4.78, 5) is 55.2. The van der Waals surface area contributed by atoms with E-state index in [0.29, 0.717) is 0 Å². The highest BCUT2D eigenvalue weighted by Gasteiger charge is 2.35. The van der Waals surface area contributed by atoms with Crippen molar-refractivity contribution in [2.24, 2.45) is 5.92 Å². The van der Waals surface area contributed by atoms with E-state index in [4.69, 9.17) is 9.47 Å². The predicted octanol–water partition coefficient (Wildman–Crippen LogP) is 4.03. The first-order valence-electron chi connectivity index (χ1n) is 14.3. The Morgan fingerprint density at radius 1 is 1.05 bits per heavy atom. The topological polar surface area (TPSA) is 161 Å². The number of nitrogens with one attached hydrogen (secondary N) is 3. The number of amides is 3. The van der Waals surface area contributed by atoms with E-state index in [2.05, 4.69) is 20.9 Å². The van der Waals surface area contributed by atoms with Crippen molar-refractivity contribution in [1.29, 1.82) is 0 Å². The zero-order valence-electron chi connectivity index (χ0n) is 25.0. The minimum Gasteiger partial charge on any atom is -0.480 e. The number of benzene rings is 1. The second kappa shape index (κ2) is 14.3. The minimum atomic E-state index is -1.42. The zero-order chi connectivity index (χ0) is 30.9. The number of aromatic nitrogens is 2. The van der Waals surface area contributed by atoms with Crippen molar-refractivity contribution >= 4 is 29.7 Å². The Morgan fingerprint density at radius 2 is 1.71 bits per heavy atom. The molecule has 2 aromatic rings. The van der Waals surface area contributed by atoms with Gasteiger partial charge in [0.25, 0.3) is 5.91 Å². The average molecular weight is 586 g/mol. The summed E-state index contributed by atoms with van der Waals surface area (Å²) in [5, 5.41) is 17.8. The normalized spacial score (nSPS) is 15.7.